The number of nitrogens with one attached hydrogen (secondary N) is 1. The van der Waals surface area contributed by atoms with E-state index in [1.54, 1.807) is 32.4 Å². The van der Waals surface area contributed by atoms with Crippen molar-refractivity contribution in [2.75, 3.05) is 19.5 Å². The van der Waals surface area contributed by atoms with Gasteiger partial charge in [-0.05, 0) is 42.0 Å². The Kier molecular flexibility index (Phi) is 6.55. The molecule has 5 nitrogen and oxygen atoms in total. The van der Waals surface area contributed by atoms with Gasteiger partial charge in [0, 0.05) is 4.47 Å². The van der Waals surface area contributed by atoms with E-state index < -0.39 is 0 Å². The largest absolute Gasteiger partial charge is 0.493 e. The van der Waals surface area contributed by atoms with Crippen LogP contribution in [0, 0.1) is 0 Å². The summed E-state index contributed by atoms with van der Waals surface area (Å²) in [5.41, 5.74) is 1.39. The van der Waals surface area contributed by atoms with Gasteiger partial charge in [0.2, 0.25) is 5.91 Å². The monoisotopic (exact) mass is 441 g/mol. The Bertz CT molecular complexity index is 960. The van der Waals surface area contributed by atoms with Gasteiger partial charge in [-0.3, -0.25) is 4.79 Å². The van der Waals surface area contributed by atoms with Crippen LogP contribution in [0.25, 0.3) is 0 Å². The van der Waals surface area contributed by atoms with Gasteiger partial charge in [0.25, 0.3) is 0 Å². The first kappa shape index (κ1) is 19.8. The summed E-state index contributed by atoms with van der Waals surface area (Å²) in [4.78, 5) is 12.6. The second-order valence-electron chi connectivity index (χ2n) is 5.93. The molecule has 0 heterocycles. The van der Waals surface area contributed by atoms with Crippen LogP contribution in [0.3, 0.4) is 0 Å². The highest BCUT2D eigenvalue weighted by atomic mass is 79.9. The summed E-state index contributed by atoms with van der Waals surface area (Å²) in [5.74, 6) is 2.28. The number of ether oxygens (including phenoxy) is 3. The predicted molar refractivity (Wildman–Crippen MR) is 113 cm³/mol. The maximum absolute atomic E-state index is 12.6. The van der Waals surface area contributed by atoms with Crippen LogP contribution in [0.5, 0.6) is 23.0 Å². The van der Waals surface area contributed by atoms with Gasteiger partial charge in [-0.2, -0.15) is 0 Å². The lowest BCUT2D eigenvalue weighted by molar-refractivity contribution is -0.115. The van der Waals surface area contributed by atoms with E-state index in [4.69, 9.17) is 14.2 Å². The molecule has 144 valence electrons. The Morgan fingerprint density at radius 1 is 0.893 bits per heavy atom. The van der Waals surface area contributed by atoms with Crippen LogP contribution in [0.1, 0.15) is 5.56 Å². The first-order valence-corrected chi connectivity index (χ1v) is 9.42. The third kappa shape index (κ3) is 4.84. The SMILES string of the molecule is COc1cc(Br)c(CC(=O)Nc2ccccc2Oc2ccccc2)cc1OC. The van der Waals surface area contributed by atoms with E-state index in [2.05, 4.69) is 21.2 Å². The molecule has 0 aromatic heterocycles. The molecule has 3 rings (SSSR count). The molecule has 0 bridgehead atoms. The van der Waals surface area contributed by atoms with E-state index in [1.807, 2.05) is 48.5 Å². The minimum Gasteiger partial charge on any atom is -0.493 e. The van der Waals surface area contributed by atoms with E-state index in [1.165, 1.54) is 0 Å². The predicted octanol–water partition coefficient (Wildman–Crippen LogP) is 5.44. The zero-order valence-electron chi connectivity index (χ0n) is 15.6. The van der Waals surface area contributed by atoms with Crippen LogP contribution in [-0.2, 0) is 11.2 Å². The van der Waals surface area contributed by atoms with Crippen molar-refractivity contribution >= 4 is 27.5 Å². The molecule has 0 aliphatic heterocycles. The van der Waals surface area contributed by atoms with Gasteiger partial charge in [-0.15, -0.1) is 0 Å². The van der Waals surface area contributed by atoms with Gasteiger partial charge >= 0.3 is 0 Å². The highest BCUT2D eigenvalue weighted by Crippen LogP contribution is 2.34. The maximum atomic E-state index is 12.6. The summed E-state index contributed by atoms with van der Waals surface area (Å²) in [6.45, 7) is 0. The number of para-hydroxylation sites is 3. The second-order valence-corrected chi connectivity index (χ2v) is 6.79. The molecule has 3 aromatic carbocycles. The van der Waals surface area contributed by atoms with Gasteiger partial charge in [0.15, 0.2) is 17.2 Å². The molecule has 0 radical (unpaired) electrons. The Labute approximate surface area is 172 Å². The normalized spacial score (nSPS) is 10.2. The van der Waals surface area contributed by atoms with Gasteiger partial charge in [0.1, 0.15) is 5.75 Å². The van der Waals surface area contributed by atoms with Gasteiger partial charge in [0.05, 0.1) is 26.3 Å². The molecular formula is C22H20BrNO4. The number of carbonyl (C=O) groups is 1. The molecule has 28 heavy (non-hydrogen) atoms. The molecule has 0 saturated carbocycles. The van der Waals surface area contributed by atoms with E-state index in [0.717, 1.165) is 10.0 Å². The smallest absolute Gasteiger partial charge is 0.228 e. The third-order valence-corrected chi connectivity index (χ3v) is 4.77. The van der Waals surface area contributed by atoms with Crippen molar-refractivity contribution in [1.29, 1.82) is 0 Å². The van der Waals surface area contributed by atoms with E-state index in [-0.39, 0.29) is 12.3 Å². The van der Waals surface area contributed by atoms with Gasteiger partial charge in [-0.25, -0.2) is 0 Å². The number of methoxy groups -OCH3 is 2. The zero-order valence-corrected chi connectivity index (χ0v) is 17.2. The number of rotatable bonds is 7. The number of amides is 1. The van der Waals surface area contributed by atoms with Gasteiger partial charge in [-0.1, -0.05) is 46.3 Å². The lowest BCUT2D eigenvalue weighted by Crippen LogP contribution is -2.15. The summed E-state index contributed by atoms with van der Waals surface area (Å²) in [6, 6.07) is 20.3. The van der Waals surface area contributed by atoms with Crippen LogP contribution in [0.4, 0.5) is 5.69 Å². The average molecular weight is 442 g/mol. The van der Waals surface area contributed by atoms with Crippen molar-refractivity contribution in [3.05, 3.63) is 76.8 Å². The molecule has 0 fully saturated rings. The average Bonchev–Trinajstić information content (AvgIpc) is 2.71. The fraction of sp³-hybridized carbons (Fsp3) is 0.136. The number of hydrogen-bond donors (Lipinski definition) is 1. The Balaban J connectivity index is 1.76. The molecule has 0 aliphatic carbocycles. The molecule has 1 N–H and O–H groups in total. The molecule has 0 atom stereocenters. The van der Waals surface area contributed by atoms with Gasteiger partial charge < -0.3 is 19.5 Å². The fourth-order valence-corrected chi connectivity index (χ4v) is 3.14. The highest BCUT2D eigenvalue weighted by molar-refractivity contribution is 9.10. The van der Waals surface area contributed by atoms with Crippen molar-refractivity contribution in [2.24, 2.45) is 0 Å². The Hall–Kier alpha value is -2.99. The standard InChI is InChI=1S/C22H20BrNO4/c1-26-20-12-15(17(23)14-21(20)27-2)13-22(25)24-18-10-6-7-11-19(18)28-16-8-4-3-5-9-16/h3-12,14H,13H2,1-2H3,(H,24,25). The highest BCUT2D eigenvalue weighted by Gasteiger charge is 2.14. The maximum Gasteiger partial charge on any atom is 0.228 e. The third-order valence-electron chi connectivity index (χ3n) is 4.04. The van der Waals surface area contributed by atoms with Crippen molar-refractivity contribution in [2.45, 2.75) is 6.42 Å². The number of carbonyl (C=O) groups excluding carboxylic acids is 1. The molecule has 0 saturated heterocycles. The molecular weight excluding hydrogens is 422 g/mol. The van der Waals surface area contributed by atoms with Crippen molar-refractivity contribution in [1.82, 2.24) is 0 Å². The first-order chi connectivity index (χ1) is 13.6. The van der Waals surface area contributed by atoms with Crippen molar-refractivity contribution < 1.29 is 19.0 Å². The Morgan fingerprint density at radius 3 is 2.25 bits per heavy atom. The lowest BCUT2D eigenvalue weighted by atomic mass is 10.1. The molecule has 3 aromatic rings. The summed E-state index contributed by atoms with van der Waals surface area (Å²) in [6.07, 6.45) is 0.167. The number of benzene rings is 3. The summed E-state index contributed by atoms with van der Waals surface area (Å²) >= 11 is 3.48. The molecule has 1 amide bonds. The minimum absolute atomic E-state index is 0.167. The number of anilines is 1. The van der Waals surface area contributed by atoms with Crippen LogP contribution < -0.4 is 19.5 Å². The van der Waals surface area contributed by atoms with Crippen molar-refractivity contribution in [3.8, 4) is 23.0 Å². The van der Waals surface area contributed by atoms with E-state index >= 15 is 0 Å². The second kappa shape index (κ2) is 9.28. The first-order valence-electron chi connectivity index (χ1n) is 8.63. The minimum atomic E-state index is -0.169. The van der Waals surface area contributed by atoms with E-state index in [0.29, 0.717) is 28.7 Å². The van der Waals surface area contributed by atoms with Crippen LogP contribution >= 0.6 is 15.9 Å². The number of halogens is 1. The summed E-state index contributed by atoms with van der Waals surface area (Å²) < 4.78 is 17.3. The summed E-state index contributed by atoms with van der Waals surface area (Å²) in [5, 5.41) is 2.92. The van der Waals surface area contributed by atoms with Crippen LogP contribution in [0.15, 0.2) is 71.2 Å². The van der Waals surface area contributed by atoms with Crippen LogP contribution in [-0.4, -0.2) is 20.1 Å². The molecule has 0 spiro atoms. The van der Waals surface area contributed by atoms with Crippen LogP contribution in [0.2, 0.25) is 0 Å². The quantitative estimate of drug-likeness (QED) is 0.530. The van der Waals surface area contributed by atoms with E-state index in [9.17, 15) is 4.79 Å². The molecule has 0 unspecified atom stereocenters. The lowest BCUT2D eigenvalue weighted by Gasteiger charge is -2.14. The topological polar surface area (TPSA) is 56.8 Å². The number of hydrogen-bond acceptors (Lipinski definition) is 4. The zero-order chi connectivity index (χ0) is 19.9. The molecule has 0 aliphatic rings. The summed E-state index contributed by atoms with van der Waals surface area (Å²) in [7, 11) is 3.13. The fourth-order valence-electron chi connectivity index (χ4n) is 2.67. The molecule has 6 heteroatoms. The Morgan fingerprint density at radius 2 is 1.54 bits per heavy atom. The van der Waals surface area contributed by atoms with Crippen molar-refractivity contribution in [3.63, 3.8) is 0 Å².